The van der Waals surface area contributed by atoms with E-state index in [-0.39, 0.29) is 23.7 Å². The predicted molar refractivity (Wildman–Crippen MR) is 107 cm³/mol. The van der Waals surface area contributed by atoms with Gasteiger partial charge in [0.25, 0.3) is 5.69 Å². The summed E-state index contributed by atoms with van der Waals surface area (Å²) in [6.07, 6.45) is 0. The molecule has 1 atom stereocenters. The lowest BCUT2D eigenvalue weighted by Crippen LogP contribution is -2.51. The van der Waals surface area contributed by atoms with Crippen molar-refractivity contribution >= 4 is 21.6 Å². The lowest BCUT2D eigenvalue weighted by Gasteiger charge is -2.37. The summed E-state index contributed by atoms with van der Waals surface area (Å²) in [4.78, 5) is 24.2. The van der Waals surface area contributed by atoms with Gasteiger partial charge in [0.15, 0.2) is 0 Å². The highest BCUT2D eigenvalue weighted by Crippen LogP contribution is 2.27. The van der Waals surface area contributed by atoms with Crippen LogP contribution in [0.3, 0.4) is 0 Å². The number of amides is 1. The highest BCUT2D eigenvalue weighted by atomic mass is 32.2. The molecule has 0 aromatic heterocycles. The molecular weight excluding hydrogens is 396 g/mol. The minimum Gasteiger partial charge on any atom is -0.368 e. The van der Waals surface area contributed by atoms with Crippen LogP contribution < -0.4 is 5.73 Å². The van der Waals surface area contributed by atoms with Crippen LogP contribution in [-0.2, 0) is 14.8 Å². The van der Waals surface area contributed by atoms with Crippen LogP contribution in [-0.4, -0.2) is 54.6 Å². The van der Waals surface area contributed by atoms with Crippen LogP contribution >= 0.6 is 0 Å². The van der Waals surface area contributed by atoms with E-state index in [1.54, 1.807) is 6.92 Å². The first-order chi connectivity index (χ1) is 13.7. The van der Waals surface area contributed by atoms with Crippen molar-refractivity contribution in [2.75, 3.05) is 26.2 Å². The van der Waals surface area contributed by atoms with Crippen molar-refractivity contribution in [2.45, 2.75) is 17.9 Å². The smallest absolute Gasteiger partial charge is 0.270 e. The zero-order chi connectivity index (χ0) is 21.2. The van der Waals surface area contributed by atoms with Gasteiger partial charge in [-0.15, -0.1) is 0 Å². The third kappa shape index (κ3) is 4.29. The van der Waals surface area contributed by atoms with Gasteiger partial charge in [-0.05, 0) is 18.1 Å². The molecule has 0 aliphatic carbocycles. The number of nitrogens with zero attached hydrogens (tertiary/aromatic N) is 3. The van der Waals surface area contributed by atoms with E-state index in [2.05, 4.69) is 0 Å². The van der Waals surface area contributed by atoms with Gasteiger partial charge in [0.1, 0.15) is 6.04 Å². The predicted octanol–water partition coefficient (Wildman–Crippen LogP) is 1.44. The van der Waals surface area contributed by atoms with Crippen molar-refractivity contribution in [1.82, 2.24) is 9.21 Å². The summed E-state index contributed by atoms with van der Waals surface area (Å²) in [5, 5.41) is 11.0. The van der Waals surface area contributed by atoms with Crippen molar-refractivity contribution in [3.63, 3.8) is 0 Å². The number of nitrogens with two attached hydrogens (primary N) is 1. The number of carbonyl (C=O) groups is 1. The molecule has 0 saturated carbocycles. The number of hydrogen-bond acceptors (Lipinski definition) is 6. The van der Waals surface area contributed by atoms with Crippen molar-refractivity contribution in [3.05, 3.63) is 69.8 Å². The fraction of sp³-hybridized carbons (Fsp3) is 0.316. The fourth-order valence-corrected chi connectivity index (χ4v) is 5.18. The van der Waals surface area contributed by atoms with Gasteiger partial charge in [-0.1, -0.05) is 36.4 Å². The summed E-state index contributed by atoms with van der Waals surface area (Å²) in [7, 11) is -3.90. The summed E-state index contributed by atoms with van der Waals surface area (Å²) in [6, 6.07) is 12.3. The van der Waals surface area contributed by atoms with Crippen molar-refractivity contribution in [2.24, 2.45) is 5.73 Å². The highest BCUT2D eigenvalue weighted by Gasteiger charge is 2.34. The summed E-state index contributed by atoms with van der Waals surface area (Å²) in [6.45, 7) is 2.54. The normalized spacial score (nSPS) is 17.0. The largest absolute Gasteiger partial charge is 0.368 e. The Hall–Kier alpha value is -2.82. The molecule has 2 aromatic rings. The van der Waals surface area contributed by atoms with Gasteiger partial charge in [-0.25, -0.2) is 8.42 Å². The van der Waals surface area contributed by atoms with Gasteiger partial charge in [-0.3, -0.25) is 19.8 Å². The van der Waals surface area contributed by atoms with E-state index in [1.807, 2.05) is 35.2 Å². The van der Waals surface area contributed by atoms with Gasteiger partial charge in [0.05, 0.1) is 9.82 Å². The quantitative estimate of drug-likeness (QED) is 0.559. The van der Waals surface area contributed by atoms with Crippen LogP contribution in [0.25, 0.3) is 0 Å². The van der Waals surface area contributed by atoms with E-state index in [0.29, 0.717) is 18.7 Å². The van der Waals surface area contributed by atoms with Crippen molar-refractivity contribution in [3.8, 4) is 0 Å². The topological polar surface area (TPSA) is 127 Å². The molecule has 1 heterocycles. The molecule has 9 nitrogen and oxygen atoms in total. The van der Waals surface area contributed by atoms with Crippen LogP contribution in [0.5, 0.6) is 0 Å². The third-order valence-corrected chi connectivity index (χ3v) is 7.06. The zero-order valence-electron chi connectivity index (χ0n) is 15.9. The number of nitro groups is 1. The Balaban J connectivity index is 1.80. The summed E-state index contributed by atoms with van der Waals surface area (Å²) in [5.41, 5.74) is 6.52. The Morgan fingerprint density at radius 3 is 2.28 bits per heavy atom. The van der Waals surface area contributed by atoms with E-state index in [4.69, 9.17) is 5.73 Å². The SMILES string of the molecule is Cc1ccc([N+](=O)[O-])cc1S(=O)(=O)N1CCN(C(C(N)=O)c2ccccc2)CC1. The van der Waals surface area contributed by atoms with Crippen LogP contribution in [0.1, 0.15) is 17.2 Å². The van der Waals surface area contributed by atoms with Gasteiger partial charge in [0, 0.05) is 38.3 Å². The Morgan fingerprint density at radius 1 is 1.10 bits per heavy atom. The van der Waals surface area contributed by atoms with E-state index in [0.717, 1.165) is 11.6 Å². The Bertz CT molecular complexity index is 1020. The fourth-order valence-electron chi connectivity index (χ4n) is 3.51. The van der Waals surface area contributed by atoms with Gasteiger partial charge >= 0.3 is 0 Å². The average molecular weight is 418 g/mol. The molecule has 3 rings (SSSR count). The van der Waals surface area contributed by atoms with E-state index in [1.165, 1.54) is 16.4 Å². The minimum absolute atomic E-state index is 0.0744. The number of sulfonamides is 1. The number of non-ortho nitro benzene ring substituents is 1. The van der Waals surface area contributed by atoms with Crippen LogP contribution in [0.15, 0.2) is 53.4 Å². The number of piperazine rings is 1. The molecule has 0 bridgehead atoms. The molecule has 0 radical (unpaired) electrons. The maximum absolute atomic E-state index is 13.1. The molecule has 1 aliphatic rings. The number of aryl methyl sites for hydroxylation is 1. The number of nitro benzene ring substituents is 1. The second kappa shape index (κ2) is 8.27. The molecular formula is C19H22N4O5S. The van der Waals surface area contributed by atoms with E-state index in [9.17, 15) is 23.3 Å². The number of carbonyl (C=O) groups excluding carboxylic acids is 1. The minimum atomic E-state index is -3.90. The maximum atomic E-state index is 13.1. The molecule has 154 valence electrons. The molecule has 1 unspecified atom stereocenters. The molecule has 0 spiro atoms. The van der Waals surface area contributed by atoms with Crippen molar-refractivity contribution < 1.29 is 18.1 Å². The lowest BCUT2D eigenvalue weighted by atomic mass is 10.0. The molecule has 1 aliphatic heterocycles. The average Bonchev–Trinajstić information content (AvgIpc) is 2.69. The maximum Gasteiger partial charge on any atom is 0.270 e. The molecule has 1 fully saturated rings. The van der Waals surface area contributed by atoms with Crippen LogP contribution in [0.2, 0.25) is 0 Å². The number of primary amides is 1. The van der Waals surface area contributed by atoms with Gasteiger partial charge < -0.3 is 5.73 Å². The number of hydrogen-bond donors (Lipinski definition) is 1. The van der Waals surface area contributed by atoms with E-state index >= 15 is 0 Å². The number of rotatable bonds is 6. The van der Waals surface area contributed by atoms with Gasteiger partial charge in [-0.2, -0.15) is 4.31 Å². The van der Waals surface area contributed by atoms with Crippen molar-refractivity contribution in [1.29, 1.82) is 0 Å². The molecule has 1 saturated heterocycles. The molecule has 1 amide bonds. The summed E-state index contributed by atoms with van der Waals surface area (Å²) >= 11 is 0. The molecule has 2 N–H and O–H groups in total. The number of benzene rings is 2. The Kier molecular flexibility index (Phi) is 5.96. The zero-order valence-corrected chi connectivity index (χ0v) is 16.7. The van der Waals surface area contributed by atoms with Gasteiger partial charge in [0.2, 0.25) is 15.9 Å². The first-order valence-electron chi connectivity index (χ1n) is 9.05. The Morgan fingerprint density at radius 2 is 1.72 bits per heavy atom. The highest BCUT2D eigenvalue weighted by molar-refractivity contribution is 7.89. The molecule has 29 heavy (non-hydrogen) atoms. The van der Waals surface area contributed by atoms with Crippen LogP contribution in [0.4, 0.5) is 5.69 Å². The summed E-state index contributed by atoms with van der Waals surface area (Å²) in [5.74, 6) is -0.498. The monoisotopic (exact) mass is 418 g/mol. The van der Waals surface area contributed by atoms with E-state index < -0.39 is 26.9 Å². The first kappa shape index (κ1) is 20.9. The lowest BCUT2D eigenvalue weighted by molar-refractivity contribution is -0.385. The molecule has 2 aromatic carbocycles. The second-order valence-electron chi connectivity index (χ2n) is 6.86. The standard InChI is InChI=1S/C19H22N4O5S/c1-14-7-8-16(23(25)26)13-17(14)29(27,28)22-11-9-21(10-12-22)18(19(20)24)15-5-3-2-4-6-15/h2-8,13,18H,9-12H2,1H3,(H2,20,24). The first-order valence-corrected chi connectivity index (χ1v) is 10.5. The third-order valence-electron chi connectivity index (χ3n) is 5.02. The Labute approximate surface area is 168 Å². The summed E-state index contributed by atoms with van der Waals surface area (Å²) < 4.78 is 27.4. The second-order valence-corrected chi connectivity index (χ2v) is 8.77. The van der Waals surface area contributed by atoms with Crippen LogP contribution in [0, 0.1) is 17.0 Å². The molecule has 10 heteroatoms.